The second kappa shape index (κ2) is 5.55. The number of aliphatic hydroxyl groups is 1. The molecule has 1 saturated heterocycles. The van der Waals surface area contributed by atoms with E-state index in [0.717, 1.165) is 30.8 Å². The van der Waals surface area contributed by atoms with Crippen LogP contribution in [0.2, 0.25) is 5.02 Å². The van der Waals surface area contributed by atoms with Crippen molar-refractivity contribution in [2.24, 2.45) is 11.3 Å². The Labute approximate surface area is 124 Å². The van der Waals surface area contributed by atoms with Crippen molar-refractivity contribution < 1.29 is 14.6 Å². The van der Waals surface area contributed by atoms with E-state index in [0.29, 0.717) is 10.9 Å². The van der Waals surface area contributed by atoms with Gasteiger partial charge in [-0.25, -0.2) is 0 Å². The second-order valence-electron chi connectivity index (χ2n) is 6.03. The first-order chi connectivity index (χ1) is 9.68. The van der Waals surface area contributed by atoms with Crippen LogP contribution in [0.4, 0.5) is 0 Å². The number of aliphatic hydroxyl groups excluding tert-OH is 1. The summed E-state index contributed by atoms with van der Waals surface area (Å²) in [7, 11) is 1.67. The molecule has 1 heterocycles. The fourth-order valence-electron chi connectivity index (χ4n) is 3.42. The summed E-state index contributed by atoms with van der Waals surface area (Å²) in [6, 6.07) is 5.67. The summed E-state index contributed by atoms with van der Waals surface area (Å²) >= 11 is 6.11. The van der Waals surface area contributed by atoms with E-state index < -0.39 is 0 Å². The smallest absolute Gasteiger partial charge is 0.122 e. The lowest BCUT2D eigenvalue weighted by Gasteiger charge is -2.33. The molecule has 1 aromatic rings. The molecule has 110 valence electrons. The Morgan fingerprint density at radius 2 is 2.25 bits per heavy atom. The maximum atomic E-state index is 10.0. The van der Waals surface area contributed by atoms with Crippen molar-refractivity contribution >= 4 is 11.6 Å². The molecule has 0 radical (unpaired) electrons. The zero-order valence-electron chi connectivity index (χ0n) is 11.8. The lowest BCUT2D eigenvalue weighted by Crippen LogP contribution is -2.38. The highest BCUT2D eigenvalue weighted by molar-refractivity contribution is 6.30. The molecule has 1 aliphatic heterocycles. The lowest BCUT2D eigenvalue weighted by atomic mass is 9.74. The Morgan fingerprint density at radius 1 is 1.45 bits per heavy atom. The monoisotopic (exact) mass is 296 g/mol. The average Bonchev–Trinajstić information content (AvgIpc) is 3.21. The molecule has 2 aliphatic rings. The van der Waals surface area contributed by atoms with Crippen LogP contribution < -0.4 is 4.74 Å². The van der Waals surface area contributed by atoms with Gasteiger partial charge in [-0.3, -0.25) is 0 Å². The number of methoxy groups -OCH3 is 1. The van der Waals surface area contributed by atoms with Gasteiger partial charge in [0.1, 0.15) is 5.75 Å². The summed E-state index contributed by atoms with van der Waals surface area (Å²) in [6.45, 7) is 0.897. The molecule has 0 amide bonds. The Morgan fingerprint density at radius 3 is 2.90 bits per heavy atom. The van der Waals surface area contributed by atoms with Crippen molar-refractivity contribution in [1.29, 1.82) is 0 Å². The summed E-state index contributed by atoms with van der Waals surface area (Å²) in [5.41, 5.74) is 0.879. The fourth-order valence-corrected chi connectivity index (χ4v) is 3.62. The standard InChI is InChI=1S/C16H21ClO3/c1-19-14-5-4-13(17)8-12(14)9-16(10-18)6-7-20-15(16)11-2-3-11/h4-5,8,11,15,18H,2-3,6-7,9-10H2,1H3. The normalized spacial score (nSPS) is 29.6. The highest BCUT2D eigenvalue weighted by atomic mass is 35.5. The quantitative estimate of drug-likeness (QED) is 0.907. The van der Waals surface area contributed by atoms with Gasteiger partial charge in [-0.05, 0) is 55.4 Å². The van der Waals surface area contributed by atoms with Gasteiger partial charge in [-0.15, -0.1) is 0 Å². The van der Waals surface area contributed by atoms with Crippen LogP contribution in [0, 0.1) is 11.3 Å². The predicted molar refractivity (Wildman–Crippen MR) is 78.3 cm³/mol. The van der Waals surface area contributed by atoms with Crippen LogP contribution in [-0.4, -0.2) is 31.5 Å². The average molecular weight is 297 g/mol. The van der Waals surface area contributed by atoms with E-state index >= 15 is 0 Å². The molecule has 1 aliphatic carbocycles. The van der Waals surface area contributed by atoms with Gasteiger partial charge in [0.25, 0.3) is 0 Å². The molecule has 1 saturated carbocycles. The number of hydrogen-bond acceptors (Lipinski definition) is 3. The van der Waals surface area contributed by atoms with Gasteiger partial charge in [0.05, 0.1) is 19.8 Å². The molecule has 0 aromatic heterocycles. The van der Waals surface area contributed by atoms with Crippen LogP contribution in [-0.2, 0) is 11.2 Å². The van der Waals surface area contributed by atoms with Crippen molar-refractivity contribution in [3.05, 3.63) is 28.8 Å². The summed E-state index contributed by atoms with van der Waals surface area (Å²) in [4.78, 5) is 0. The highest BCUT2D eigenvalue weighted by Crippen LogP contribution is 2.49. The zero-order chi connectivity index (χ0) is 14.2. The van der Waals surface area contributed by atoms with Crippen molar-refractivity contribution in [2.75, 3.05) is 20.3 Å². The maximum Gasteiger partial charge on any atom is 0.122 e. The molecular weight excluding hydrogens is 276 g/mol. The van der Waals surface area contributed by atoms with Gasteiger partial charge < -0.3 is 14.6 Å². The molecule has 0 spiro atoms. The third kappa shape index (κ3) is 2.54. The summed E-state index contributed by atoms with van der Waals surface area (Å²) < 4.78 is 11.4. The Balaban J connectivity index is 1.89. The lowest BCUT2D eigenvalue weighted by molar-refractivity contribution is 0.000354. The number of hydrogen-bond donors (Lipinski definition) is 1. The van der Waals surface area contributed by atoms with E-state index in [9.17, 15) is 5.11 Å². The van der Waals surface area contributed by atoms with Gasteiger partial charge in [-0.1, -0.05) is 11.6 Å². The van der Waals surface area contributed by atoms with Gasteiger partial charge >= 0.3 is 0 Å². The molecule has 4 heteroatoms. The molecular formula is C16H21ClO3. The zero-order valence-corrected chi connectivity index (χ0v) is 12.5. The van der Waals surface area contributed by atoms with Crippen LogP contribution in [0.5, 0.6) is 5.75 Å². The SMILES string of the molecule is COc1ccc(Cl)cc1CC1(CO)CCOC1C1CC1. The summed E-state index contributed by atoms with van der Waals surface area (Å²) in [5, 5.41) is 10.7. The minimum atomic E-state index is -0.181. The van der Waals surface area contributed by atoms with Crippen LogP contribution in [0.25, 0.3) is 0 Å². The number of ether oxygens (including phenoxy) is 2. The number of rotatable bonds is 5. The van der Waals surface area contributed by atoms with E-state index in [1.165, 1.54) is 12.8 Å². The van der Waals surface area contributed by atoms with Gasteiger partial charge in [0.2, 0.25) is 0 Å². The van der Waals surface area contributed by atoms with E-state index in [2.05, 4.69) is 0 Å². The maximum absolute atomic E-state index is 10.0. The highest BCUT2D eigenvalue weighted by Gasteiger charge is 2.50. The van der Waals surface area contributed by atoms with Gasteiger partial charge in [0.15, 0.2) is 0 Å². The number of halogens is 1. The van der Waals surface area contributed by atoms with Gasteiger partial charge in [0, 0.05) is 17.0 Å². The minimum Gasteiger partial charge on any atom is -0.496 e. The van der Waals surface area contributed by atoms with E-state index in [-0.39, 0.29) is 18.1 Å². The first-order valence-electron chi connectivity index (χ1n) is 7.23. The number of benzene rings is 1. The molecule has 2 fully saturated rings. The Bertz CT molecular complexity index is 487. The third-order valence-electron chi connectivity index (χ3n) is 4.65. The van der Waals surface area contributed by atoms with E-state index in [1.807, 2.05) is 18.2 Å². The van der Waals surface area contributed by atoms with Crippen molar-refractivity contribution in [1.82, 2.24) is 0 Å². The molecule has 1 aromatic carbocycles. The molecule has 2 atom stereocenters. The van der Waals surface area contributed by atoms with E-state index in [1.54, 1.807) is 7.11 Å². The molecule has 3 nitrogen and oxygen atoms in total. The van der Waals surface area contributed by atoms with Crippen LogP contribution in [0.1, 0.15) is 24.8 Å². The van der Waals surface area contributed by atoms with Crippen molar-refractivity contribution in [2.45, 2.75) is 31.8 Å². The van der Waals surface area contributed by atoms with Crippen molar-refractivity contribution in [3.63, 3.8) is 0 Å². The molecule has 20 heavy (non-hydrogen) atoms. The van der Waals surface area contributed by atoms with Crippen LogP contribution >= 0.6 is 11.6 Å². The fraction of sp³-hybridized carbons (Fsp3) is 0.625. The molecule has 0 bridgehead atoms. The Hall–Kier alpha value is -0.770. The molecule has 1 N–H and O–H groups in total. The summed E-state index contributed by atoms with van der Waals surface area (Å²) in [5.74, 6) is 1.46. The van der Waals surface area contributed by atoms with Gasteiger partial charge in [-0.2, -0.15) is 0 Å². The largest absolute Gasteiger partial charge is 0.496 e. The predicted octanol–water partition coefficient (Wildman–Crippen LogP) is 3.07. The molecule has 3 rings (SSSR count). The second-order valence-corrected chi connectivity index (χ2v) is 6.47. The molecule has 2 unspecified atom stereocenters. The van der Waals surface area contributed by atoms with Crippen LogP contribution in [0.15, 0.2) is 18.2 Å². The Kier molecular flexibility index (Phi) is 3.93. The first kappa shape index (κ1) is 14.2. The first-order valence-corrected chi connectivity index (χ1v) is 7.61. The van der Waals surface area contributed by atoms with Crippen LogP contribution in [0.3, 0.4) is 0 Å². The van der Waals surface area contributed by atoms with Crippen molar-refractivity contribution in [3.8, 4) is 5.75 Å². The minimum absolute atomic E-state index is 0.157. The third-order valence-corrected chi connectivity index (χ3v) is 4.89. The van der Waals surface area contributed by atoms with E-state index in [4.69, 9.17) is 21.1 Å². The summed E-state index contributed by atoms with van der Waals surface area (Å²) in [6.07, 6.45) is 4.28. The topological polar surface area (TPSA) is 38.7 Å².